The molecule has 1 fully saturated rings. The lowest BCUT2D eigenvalue weighted by atomic mass is 9.86. The first kappa shape index (κ1) is 19.0. The molecule has 1 aliphatic carbocycles. The number of rotatable bonds is 4. The topological polar surface area (TPSA) is 97.2 Å². The predicted octanol–water partition coefficient (Wildman–Crippen LogP) is 4.47. The molecule has 0 amide bonds. The fourth-order valence-corrected chi connectivity index (χ4v) is 4.34. The fraction of sp³-hybridized carbons (Fsp3) is 0.400. The van der Waals surface area contributed by atoms with Gasteiger partial charge in [-0.25, -0.2) is 9.37 Å². The molecule has 6 nitrogen and oxygen atoms in total. The van der Waals surface area contributed by atoms with Crippen LogP contribution in [0.25, 0.3) is 22.3 Å². The molecule has 0 radical (unpaired) electrons. The Kier molecular flexibility index (Phi) is 4.67. The summed E-state index contributed by atoms with van der Waals surface area (Å²) in [4.78, 5) is 8.43. The van der Waals surface area contributed by atoms with E-state index in [1.165, 1.54) is 12.1 Å². The van der Waals surface area contributed by atoms with E-state index in [-0.39, 0.29) is 40.9 Å². The van der Waals surface area contributed by atoms with Crippen LogP contribution in [-0.4, -0.2) is 27.2 Å². The lowest BCUT2D eigenvalue weighted by Gasteiger charge is -2.33. The standard InChI is InChI=1S/C20H22ClFN4O2/c1-10-11(9-27)5-6-20(10,2)26-18-16(17(21)24-19(23)25-18)15-8-12-7-13(22)3-4-14(12)28-15/h3-4,7-8,10-11,27H,5-6,9H2,1-2H3,(H3,23,24,25,26). The zero-order valence-corrected chi connectivity index (χ0v) is 16.4. The average molecular weight is 405 g/mol. The number of furan rings is 1. The summed E-state index contributed by atoms with van der Waals surface area (Å²) in [5, 5.41) is 13.9. The van der Waals surface area contributed by atoms with Crippen LogP contribution >= 0.6 is 11.6 Å². The minimum atomic E-state index is -0.347. The van der Waals surface area contributed by atoms with Gasteiger partial charge in [-0.05, 0) is 55.9 Å². The first-order chi connectivity index (χ1) is 13.3. The van der Waals surface area contributed by atoms with E-state index in [0.717, 1.165) is 12.8 Å². The van der Waals surface area contributed by atoms with E-state index in [1.807, 2.05) is 0 Å². The van der Waals surface area contributed by atoms with Gasteiger partial charge in [0.1, 0.15) is 28.1 Å². The van der Waals surface area contributed by atoms with Gasteiger partial charge in [0.25, 0.3) is 0 Å². The third-order valence-corrected chi connectivity index (χ3v) is 6.27. The maximum Gasteiger partial charge on any atom is 0.223 e. The Hall–Kier alpha value is -2.38. The van der Waals surface area contributed by atoms with Gasteiger partial charge in [-0.3, -0.25) is 0 Å². The van der Waals surface area contributed by atoms with Crippen molar-refractivity contribution in [2.45, 2.75) is 32.2 Å². The summed E-state index contributed by atoms with van der Waals surface area (Å²) in [6.45, 7) is 4.35. The molecule has 2 heterocycles. The van der Waals surface area contributed by atoms with E-state index in [1.54, 1.807) is 12.1 Å². The van der Waals surface area contributed by atoms with Crippen molar-refractivity contribution in [3.05, 3.63) is 35.2 Å². The maximum atomic E-state index is 13.6. The van der Waals surface area contributed by atoms with Crippen LogP contribution in [0.2, 0.25) is 5.15 Å². The van der Waals surface area contributed by atoms with Crippen molar-refractivity contribution in [3.8, 4) is 11.3 Å². The molecule has 1 aliphatic rings. The molecule has 148 valence electrons. The van der Waals surface area contributed by atoms with Crippen molar-refractivity contribution in [3.63, 3.8) is 0 Å². The smallest absolute Gasteiger partial charge is 0.223 e. The lowest BCUT2D eigenvalue weighted by Crippen LogP contribution is -2.40. The van der Waals surface area contributed by atoms with Gasteiger partial charge in [-0.15, -0.1) is 0 Å². The van der Waals surface area contributed by atoms with Crippen molar-refractivity contribution >= 4 is 34.3 Å². The van der Waals surface area contributed by atoms with Crippen LogP contribution in [-0.2, 0) is 0 Å². The van der Waals surface area contributed by atoms with Crippen molar-refractivity contribution in [2.75, 3.05) is 17.7 Å². The number of aliphatic hydroxyl groups is 1. The SMILES string of the molecule is CC1C(CO)CCC1(C)Nc1nc(N)nc(Cl)c1-c1cc2cc(F)ccc2o1. The van der Waals surface area contributed by atoms with Crippen LogP contribution in [0.1, 0.15) is 26.7 Å². The average Bonchev–Trinajstić information content (AvgIpc) is 3.15. The van der Waals surface area contributed by atoms with Gasteiger partial charge in [-0.2, -0.15) is 4.98 Å². The largest absolute Gasteiger partial charge is 0.456 e. The minimum Gasteiger partial charge on any atom is -0.456 e. The number of aliphatic hydroxyl groups excluding tert-OH is 1. The Morgan fingerprint density at radius 1 is 1.39 bits per heavy atom. The number of nitrogens with zero attached hydrogens (tertiary/aromatic N) is 2. The molecule has 1 saturated carbocycles. The number of fused-ring (bicyclic) bond motifs is 1. The van der Waals surface area contributed by atoms with Crippen LogP contribution in [0.3, 0.4) is 0 Å². The number of anilines is 2. The zero-order chi connectivity index (χ0) is 20.1. The second-order valence-corrected chi connectivity index (χ2v) is 8.06. The van der Waals surface area contributed by atoms with Crippen molar-refractivity contribution < 1.29 is 13.9 Å². The van der Waals surface area contributed by atoms with Gasteiger partial charge >= 0.3 is 0 Å². The van der Waals surface area contributed by atoms with Gasteiger partial charge < -0.3 is 20.6 Å². The fourth-order valence-electron chi connectivity index (χ4n) is 4.08. The van der Waals surface area contributed by atoms with E-state index in [2.05, 4.69) is 29.1 Å². The van der Waals surface area contributed by atoms with Crippen LogP contribution in [0.15, 0.2) is 28.7 Å². The molecule has 3 atom stereocenters. The van der Waals surface area contributed by atoms with Gasteiger partial charge in [0.05, 0.1) is 5.56 Å². The highest BCUT2D eigenvalue weighted by atomic mass is 35.5. The summed E-state index contributed by atoms with van der Waals surface area (Å²) < 4.78 is 19.4. The summed E-state index contributed by atoms with van der Waals surface area (Å²) in [6, 6.07) is 6.01. The normalized spacial score (nSPS) is 24.8. The first-order valence-corrected chi connectivity index (χ1v) is 9.60. The maximum absolute atomic E-state index is 13.6. The summed E-state index contributed by atoms with van der Waals surface area (Å²) in [5.74, 6) is 1.02. The highest BCUT2D eigenvalue weighted by molar-refractivity contribution is 6.32. The highest BCUT2D eigenvalue weighted by Crippen LogP contribution is 2.44. The molecule has 3 unspecified atom stereocenters. The van der Waals surface area contributed by atoms with Gasteiger partial charge in [0, 0.05) is 17.5 Å². The molecule has 8 heteroatoms. The molecular weight excluding hydrogens is 383 g/mol. The Balaban J connectivity index is 1.80. The number of nitrogen functional groups attached to an aromatic ring is 1. The van der Waals surface area contributed by atoms with E-state index in [9.17, 15) is 9.50 Å². The lowest BCUT2D eigenvalue weighted by molar-refractivity contribution is 0.187. The molecule has 0 bridgehead atoms. The van der Waals surface area contributed by atoms with Crippen LogP contribution in [0.4, 0.5) is 16.2 Å². The molecule has 1 aromatic carbocycles. The van der Waals surface area contributed by atoms with Crippen LogP contribution in [0.5, 0.6) is 0 Å². The van der Waals surface area contributed by atoms with Gasteiger partial charge in [0.2, 0.25) is 5.95 Å². The summed E-state index contributed by atoms with van der Waals surface area (Å²) in [6.07, 6.45) is 1.78. The Bertz CT molecular complexity index is 1040. The number of halogens is 2. The quantitative estimate of drug-likeness (QED) is 0.555. The van der Waals surface area contributed by atoms with E-state index < -0.39 is 0 Å². The first-order valence-electron chi connectivity index (χ1n) is 9.22. The van der Waals surface area contributed by atoms with E-state index in [4.69, 9.17) is 21.8 Å². The molecule has 3 aromatic rings. The second kappa shape index (κ2) is 6.90. The number of hydrogen-bond donors (Lipinski definition) is 3. The zero-order valence-electron chi connectivity index (χ0n) is 15.7. The van der Waals surface area contributed by atoms with Crippen molar-refractivity contribution in [1.82, 2.24) is 9.97 Å². The molecule has 4 rings (SSSR count). The number of nitrogens with one attached hydrogen (secondary N) is 1. The predicted molar refractivity (Wildman–Crippen MR) is 108 cm³/mol. The number of nitrogens with two attached hydrogens (primary N) is 1. The Labute approximate surface area is 166 Å². The highest BCUT2D eigenvalue weighted by Gasteiger charge is 2.43. The molecule has 0 saturated heterocycles. The Morgan fingerprint density at radius 3 is 2.89 bits per heavy atom. The van der Waals surface area contributed by atoms with E-state index in [0.29, 0.717) is 28.1 Å². The van der Waals surface area contributed by atoms with E-state index >= 15 is 0 Å². The number of aromatic nitrogens is 2. The summed E-state index contributed by atoms with van der Waals surface area (Å²) in [7, 11) is 0. The van der Waals surface area contributed by atoms with Crippen LogP contribution < -0.4 is 11.1 Å². The summed E-state index contributed by atoms with van der Waals surface area (Å²) >= 11 is 6.41. The molecule has 0 aliphatic heterocycles. The minimum absolute atomic E-state index is 0.0476. The van der Waals surface area contributed by atoms with Crippen LogP contribution in [0, 0.1) is 17.7 Å². The summed E-state index contributed by atoms with van der Waals surface area (Å²) in [5.41, 5.74) is 6.56. The molecule has 28 heavy (non-hydrogen) atoms. The molecule has 2 aromatic heterocycles. The third-order valence-electron chi connectivity index (χ3n) is 5.99. The second-order valence-electron chi connectivity index (χ2n) is 7.70. The van der Waals surface area contributed by atoms with Gasteiger partial charge in [0.15, 0.2) is 0 Å². The number of hydrogen-bond acceptors (Lipinski definition) is 6. The molecule has 4 N–H and O–H groups in total. The van der Waals surface area contributed by atoms with Gasteiger partial charge in [-0.1, -0.05) is 18.5 Å². The third kappa shape index (κ3) is 3.18. The molecular formula is C20H22ClFN4O2. The Morgan fingerprint density at radius 2 is 2.18 bits per heavy atom. The molecule has 0 spiro atoms. The number of benzene rings is 1. The van der Waals surface area contributed by atoms with Crippen molar-refractivity contribution in [1.29, 1.82) is 0 Å². The monoisotopic (exact) mass is 404 g/mol. The van der Waals surface area contributed by atoms with Crippen molar-refractivity contribution in [2.24, 2.45) is 11.8 Å².